The highest BCUT2D eigenvalue weighted by Crippen LogP contribution is 2.08. The quantitative estimate of drug-likeness (QED) is 0.708. The lowest BCUT2D eigenvalue weighted by Crippen LogP contribution is -2.28. The molecule has 4 nitrogen and oxygen atoms in total. The number of nitrogens with one attached hydrogen (secondary N) is 1. The Bertz CT molecular complexity index is 485. The minimum absolute atomic E-state index is 0.0436. The molecule has 0 unspecified atom stereocenters. The van der Waals surface area contributed by atoms with E-state index in [4.69, 9.17) is 5.11 Å². The molecule has 0 aliphatic heterocycles. The lowest BCUT2D eigenvalue weighted by molar-refractivity contribution is 0.287. The summed E-state index contributed by atoms with van der Waals surface area (Å²) in [5, 5.41) is 8.55. The Kier molecular flexibility index (Phi) is 6.33. The molecule has 1 rings (SSSR count). The molecule has 0 aliphatic carbocycles. The Morgan fingerprint density at radius 2 is 1.74 bits per heavy atom. The molecule has 0 fully saturated rings. The van der Waals surface area contributed by atoms with Crippen LogP contribution in [0.3, 0.4) is 0 Å². The first-order valence-corrected chi connectivity index (χ1v) is 7.61. The van der Waals surface area contributed by atoms with Gasteiger partial charge in [0.15, 0.2) is 0 Å². The van der Waals surface area contributed by atoms with Crippen molar-refractivity contribution in [1.82, 2.24) is 4.72 Å². The molecule has 1 aromatic carbocycles. The van der Waals surface area contributed by atoms with E-state index < -0.39 is 21.7 Å². The van der Waals surface area contributed by atoms with E-state index in [9.17, 15) is 17.2 Å². The number of sulfonamides is 1. The van der Waals surface area contributed by atoms with Gasteiger partial charge in [-0.05, 0) is 37.0 Å². The van der Waals surface area contributed by atoms with E-state index in [-0.39, 0.29) is 25.3 Å². The third-order valence-electron chi connectivity index (χ3n) is 2.48. The number of rotatable bonds is 8. The number of hydrogen-bond donors (Lipinski definition) is 2. The zero-order valence-corrected chi connectivity index (χ0v) is 11.2. The molecule has 0 radical (unpaired) electrons. The maximum Gasteiger partial charge on any atom is 0.211 e. The molecule has 0 saturated heterocycles. The molecule has 0 atom stereocenters. The second-order valence-electron chi connectivity index (χ2n) is 4.17. The molecule has 7 heteroatoms. The molecule has 0 amide bonds. The van der Waals surface area contributed by atoms with Gasteiger partial charge < -0.3 is 5.11 Å². The van der Waals surface area contributed by atoms with Crippen LogP contribution in [0.15, 0.2) is 18.2 Å². The summed E-state index contributed by atoms with van der Waals surface area (Å²) in [5.41, 5.74) is 0.399. The summed E-state index contributed by atoms with van der Waals surface area (Å²) >= 11 is 0. The van der Waals surface area contributed by atoms with E-state index in [0.29, 0.717) is 18.4 Å². The van der Waals surface area contributed by atoms with Crippen LogP contribution < -0.4 is 4.72 Å². The number of hydrogen-bond acceptors (Lipinski definition) is 3. The SMILES string of the molecule is O=S(=O)(CCCCO)NCCc1cc(F)cc(F)c1. The Morgan fingerprint density at radius 3 is 2.32 bits per heavy atom. The largest absolute Gasteiger partial charge is 0.396 e. The number of aliphatic hydroxyl groups is 1. The summed E-state index contributed by atoms with van der Waals surface area (Å²) in [4.78, 5) is 0. The van der Waals surface area contributed by atoms with Crippen LogP contribution in [-0.4, -0.2) is 32.4 Å². The fourth-order valence-electron chi connectivity index (χ4n) is 1.58. The van der Waals surface area contributed by atoms with Crippen LogP contribution in [0.25, 0.3) is 0 Å². The molecular formula is C12H17F2NO3S. The predicted molar refractivity (Wildman–Crippen MR) is 68.2 cm³/mol. The maximum absolute atomic E-state index is 12.9. The lowest BCUT2D eigenvalue weighted by atomic mass is 10.1. The van der Waals surface area contributed by atoms with Crippen molar-refractivity contribution in [3.8, 4) is 0 Å². The van der Waals surface area contributed by atoms with Crippen molar-refractivity contribution in [3.63, 3.8) is 0 Å². The standard InChI is InChI=1S/C12H17F2NO3S/c13-11-7-10(8-12(14)9-11)3-4-15-19(17,18)6-2-1-5-16/h7-9,15-16H,1-6H2. The highest BCUT2D eigenvalue weighted by Gasteiger charge is 2.09. The molecule has 0 aliphatic rings. The highest BCUT2D eigenvalue weighted by atomic mass is 32.2. The normalized spacial score (nSPS) is 11.7. The van der Waals surface area contributed by atoms with Crippen LogP contribution in [-0.2, 0) is 16.4 Å². The Balaban J connectivity index is 2.40. The van der Waals surface area contributed by atoms with Crippen LogP contribution >= 0.6 is 0 Å². The highest BCUT2D eigenvalue weighted by molar-refractivity contribution is 7.89. The molecule has 0 heterocycles. The van der Waals surface area contributed by atoms with Crippen molar-refractivity contribution >= 4 is 10.0 Å². The third-order valence-corrected chi connectivity index (χ3v) is 3.95. The minimum atomic E-state index is -3.39. The van der Waals surface area contributed by atoms with Gasteiger partial charge in [-0.3, -0.25) is 0 Å². The number of aliphatic hydroxyl groups excluding tert-OH is 1. The van der Waals surface area contributed by atoms with E-state index in [1.165, 1.54) is 12.1 Å². The summed E-state index contributed by atoms with van der Waals surface area (Å²) in [6, 6.07) is 3.11. The zero-order chi connectivity index (χ0) is 14.3. The van der Waals surface area contributed by atoms with E-state index in [1.54, 1.807) is 0 Å². The van der Waals surface area contributed by atoms with Crippen LogP contribution in [0.5, 0.6) is 0 Å². The smallest absolute Gasteiger partial charge is 0.211 e. The van der Waals surface area contributed by atoms with Gasteiger partial charge in [0.2, 0.25) is 10.0 Å². The zero-order valence-electron chi connectivity index (χ0n) is 10.4. The van der Waals surface area contributed by atoms with Crippen LogP contribution in [0, 0.1) is 11.6 Å². The fraction of sp³-hybridized carbons (Fsp3) is 0.500. The first kappa shape index (κ1) is 16.0. The minimum Gasteiger partial charge on any atom is -0.396 e. The van der Waals surface area contributed by atoms with Gasteiger partial charge in [-0.15, -0.1) is 0 Å². The molecule has 0 bridgehead atoms. The molecular weight excluding hydrogens is 276 g/mol. The van der Waals surface area contributed by atoms with Crippen LogP contribution in [0.4, 0.5) is 8.78 Å². The van der Waals surface area contributed by atoms with E-state index in [0.717, 1.165) is 6.07 Å². The van der Waals surface area contributed by atoms with E-state index in [1.807, 2.05) is 0 Å². The first-order valence-electron chi connectivity index (χ1n) is 5.96. The van der Waals surface area contributed by atoms with Crippen LogP contribution in [0.2, 0.25) is 0 Å². The molecule has 0 spiro atoms. The third kappa shape index (κ3) is 6.60. The van der Waals surface area contributed by atoms with E-state index in [2.05, 4.69) is 4.72 Å². The van der Waals surface area contributed by atoms with Gasteiger partial charge in [-0.1, -0.05) is 0 Å². The second-order valence-corrected chi connectivity index (χ2v) is 6.10. The van der Waals surface area contributed by atoms with Gasteiger partial charge in [0.25, 0.3) is 0 Å². The summed E-state index contributed by atoms with van der Waals surface area (Å²) < 4.78 is 51.1. The molecule has 0 aromatic heterocycles. The number of halogens is 2. The van der Waals surface area contributed by atoms with Crippen molar-refractivity contribution in [3.05, 3.63) is 35.4 Å². The molecule has 108 valence electrons. The van der Waals surface area contributed by atoms with Gasteiger partial charge in [-0.2, -0.15) is 0 Å². The van der Waals surface area contributed by atoms with Gasteiger partial charge >= 0.3 is 0 Å². The lowest BCUT2D eigenvalue weighted by Gasteiger charge is -2.06. The molecule has 0 saturated carbocycles. The first-order chi connectivity index (χ1) is 8.93. The summed E-state index contributed by atoms with van der Waals surface area (Å²) in [6.45, 7) is 0.0441. The monoisotopic (exact) mass is 293 g/mol. The average Bonchev–Trinajstić information content (AvgIpc) is 2.27. The fourth-order valence-corrected chi connectivity index (χ4v) is 2.72. The summed E-state index contributed by atoms with van der Waals surface area (Å²) in [7, 11) is -3.39. The van der Waals surface area contributed by atoms with Crippen molar-refractivity contribution in [2.75, 3.05) is 18.9 Å². The Morgan fingerprint density at radius 1 is 1.11 bits per heavy atom. The van der Waals surface area contributed by atoms with Gasteiger partial charge in [0.1, 0.15) is 11.6 Å². The van der Waals surface area contributed by atoms with Gasteiger partial charge in [-0.25, -0.2) is 21.9 Å². The summed E-state index contributed by atoms with van der Waals surface area (Å²) in [6.07, 6.45) is 1.02. The number of benzene rings is 1. The van der Waals surface area contributed by atoms with Crippen molar-refractivity contribution in [2.24, 2.45) is 0 Å². The molecule has 19 heavy (non-hydrogen) atoms. The van der Waals surface area contributed by atoms with Gasteiger partial charge in [0, 0.05) is 19.2 Å². The Labute approximate surface area is 111 Å². The van der Waals surface area contributed by atoms with Crippen molar-refractivity contribution in [1.29, 1.82) is 0 Å². The topological polar surface area (TPSA) is 66.4 Å². The average molecular weight is 293 g/mol. The molecule has 1 aromatic rings. The second kappa shape index (κ2) is 7.52. The van der Waals surface area contributed by atoms with Crippen molar-refractivity contribution < 1.29 is 22.3 Å². The van der Waals surface area contributed by atoms with Gasteiger partial charge in [0.05, 0.1) is 5.75 Å². The summed E-state index contributed by atoms with van der Waals surface area (Å²) in [5.74, 6) is -1.42. The molecule has 2 N–H and O–H groups in total. The Hall–Kier alpha value is -1.05. The predicted octanol–water partition coefficient (Wildman–Crippen LogP) is 1.20. The maximum atomic E-state index is 12.9. The van der Waals surface area contributed by atoms with Crippen LogP contribution in [0.1, 0.15) is 18.4 Å². The van der Waals surface area contributed by atoms with E-state index >= 15 is 0 Å². The van der Waals surface area contributed by atoms with Crippen molar-refractivity contribution in [2.45, 2.75) is 19.3 Å². The number of unbranched alkanes of at least 4 members (excludes halogenated alkanes) is 1.